The molecular weight excluding hydrogens is 411 g/mol. The highest BCUT2D eigenvalue weighted by molar-refractivity contribution is 7.46. The molecule has 2 heterocycles. The van der Waals surface area contributed by atoms with Crippen LogP contribution in [0.25, 0.3) is 11.1 Å². The second kappa shape index (κ2) is 8.20. The third kappa shape index (κ3) is 4.65. The van der Waals surface area contributed by atoms with Crippen LogP contribution in [0.5, 0.6) is 5.75 Å². The van der Waals surface area contributed by atoms with Gasteiger partial charge in [-0.25, -0.2) is 9.36 Å². The van der Waals surface area contributed by atoms with Crippen LogP contribution in [0.2, 0.25) is 0 Å². The summed E-state index contributed by atoms with van der Waals surface area (Å²) in [4.78, 5) is 44.1. The van der Waals surface area contributed by atoms with E-state index in [0.717, 1.165) is 10.8 Å². The topological polar surface area (TPSA) is 181 Å². The zero-order valence-electron chi connectivity index (χ0n) is 15.0. The number of benzene rings is 1. The molecule has 0 spiro atoms. The fourth-order valence-electron chi connectivity index (χ4n) is 2.92. The van der Waals surface area contributed by atoms with Gasteiger partial charge in [0.15, 0.2) is 6.23 Å². The quantitative estimate of drug-likeness (QED) is 0.355. The molecule has 0 unspecified atom stereocenters. The number of methoxy groups -OCH3 is 1. The van der Waals surface area contributed by atoms with E-state index in [0.29, 0.717) is 11.3 Å². The Bertz CT molecular complexity index is 1030. The van der Waals surface area contributed by atoms with Crippen LogP contribution >= 0.6 is 7.82 Å². The molecule has 0 aliphatic carbocycles. The first kappa shape index (κ1) is 21.4. The van der Waals surface area contributed by atoms with Crippen LogP contribution in [0.1, 0.15) is 6.23 Å². The van der Waals surface area contributed by atoms with Crippen molar-refractivity contribution in [2.24, 2.45) is 0 Å². The molecule has 0 amide bonds. The molecule has 13 heteroatoms. The highest BCUT2D eigenvalue weighted by atomic mass is 31.2. The minimum Gasteiger partial charge on any atom is -0.497 e. The van der Waals surface area contributed by atoms with Gasteiger partial charge < -0.3 is 29.5 Å². The molecule has 5 N–H and O–H groups in total. The lowest BCUT2D eigenvalue weighted by molar-refractivity contribution is -0.0542. The van der Waals surface area contributed by atoms with Crippen molar-refractivity contribution < 1.29 is 38.6 Å². The molecule has 1 aromatic carbocycles. The van der Waals surface area contributed by atoms with Gasteiger partial charge in [-0.15, -0.1) is 0 Å². The van der Waals surface area contributed by atoms with Crippen LogP contribution in [0.3, 0.4) is 0 Å². The maximum Gasteiger partial charge on any atom is 0.469 e. The summed E-state index contributed by atoms with van der Waals surface area (Å²) in [5, 5.41) is 20.3. The van der Waals surface area contributed by atoms with Gasteiger partial charge in [-0.1, -0.05) is 12.1 Å². The Balaban J connectivity index is 1.93. The molecular formula is C16H19N2O10P. The van der Waals surface area contributed by atoms with E-state index in [1.54, 1.807) is 24.3 Å². The van der Waals surface area contributed by atoms with Gasteiger partial charge in [0.25, 0.3) is 5.56 Å². The van der Waals surface area contributed by atoms with Crippen molar-refractivity contribution in [3.05, 3.63) is 51.3 Å². The molecule has 1 aromatic heterocycles. The van der Waals surface area contributed by atoms with Crippen molar-refractivity contribution >= 4 is 7.82 Å². The van der Waals surface area contributed by atoms with Gasteiger partial charge in [0.1, 0.15) is 24.1 Å². The van der Waals surface area contributed by atoms with Gasteiger partial charge in [0, 0.05) is 6.20 Å². The summed E-state index contributed by atoms with van der Waals surface area (Å²) in [6.45, 7) is -0.720. The van der Waals surface area contributed by atoms with E-state index < -0.39 is 50.2 Å². The summed E-state index contributed by atoms with van der Waals surface area (Å²) in [5.74, 6) is 0.559. The highest BCUT2D eigenvalue weighted by Gasteiger charge is 2.45. The summed E-state index contributed by atoms with van der Waals surface area (Å²) in [6, 6.07) is 6.42. The number of hydrogen-bond acceptors (Lipinski definition) is 8. The second-order valence-electron chi connectivity index (χ2n) is 6.27. The molecule has 0 radical (unpaired) electrons. The number of H-pyrrole nitrogens is 1. The van der Waals surface area contributed by atoms with E-state index >= 15 is 0 Å². The second-order valence-corrected chi connectivity index (χ2v) is 7.51. The number of aromatic amines is 1. The predicted octanol–water partition coefficient (Wildman–Crippen LogP) is -1.06. The molecule has 3 rings (SSSR count). The van der Waals surface area contributed by atoms with Crippen LogP contribution in [0, 0.1) is 0 Å². The molecule has 1 fully saturated rings. The zero-order valence-corrected chi connectivity index (χ0v) is 15.9. The normalized spacial score (nSPS) is 24.6. The molecule has 4 atom stereocenters. The van der Waals surface area contributed by atoms with Crippen LogP contribution < -0.4 is 16.0 Å². The summed E-state index contributed by atoms with van der Waals surface area (Å²) in [7, 11) is -3.34. The Kier molecular flexibility index (Phi) is 6.05. The van der Waals surface area contributed by atoms with Crippen molar-refractivity contribution in [2.75, 3.05) is 13.7 Å². The van der Waals surface area contributed by atoms with E-state index in [-0.39, 0.29) is 5.56 Å². The molecule has 1 aliphatic rings. The summed E-state index contributed by atoms with van der Waals surface area (Å²) in [6.07, 6.45) is -4.78. The van der Waals surface area contributed by atoms with E-state index in [1.807, 2.05) is 0 Å². The first-order valence-corrected chi connectivity index (χ1v) is 9.85. The van der Waals surface area contributed by atoms with E-state index in [1.165, 1.54) is 7.11 Å². The predicted molar refractivity (Wildman–Crippen MR) is 97.2 cm³/mol. The maximum atomic E-state index is 12.2. The fourth-order valence-corrected chi connectivity index (χ4v) is 3.26. The highest BCUT2D eigenvalue weighted by Crippen LogP contribution is 2.38. The Hall–Kier alpha value is -2.31. The van der Waals surface area contributed by atoms with E-state index in [4.69, 9.17) is 19.3 Å². The standard InChI is InChI=1S/C16H19N2O10P/c1-26-9-4-2-8(3-5-9)10-6-18(16(22)17-14(10)21)15-13(20)12(19)11(28-15)7-27-29(23,24)25/h2-6,11-13,15,19-20H,7H2,1H3,(H,17,21,22)(H2,23,24,25)/t11-,12+,13-,15-/m1/s1. The molecule has 158 valence electrons. The van der Waals surface area contributed by atoms with Gasteiger partial charge in [-0.05, 0) is 17.7 Å². The molecule has 0 saturated carbocycles. The van der Waals surface area contributed by atoms with Gasteiger partial charge in [0.05, 0.1) is 19.3 Å². The Morgan fingerprint density at radius 2 is 1.83 bits per heavy atom. The number of nitrogens with zero attached hydrogens (tertiary/aromatic N) is 1. The van der Waals surface area contributed by atoms with Crippen molar-refractivity contribution in [2.45, 2.75) is 24.5 Å². The number of hydrogen-bond donors (Lipinski definition) is 5. The average Bonchev–Trinajstić information content (AvgIpc) is 2.94. The number of aromatic nitrogens is 2. The van der Waals surface area contributed by atoms with Gasteiger partial charge >= 0.3 is 13.5 Å². The van der Waals surface area contributed by atoms with Crippen molar-refractivity contribution in [3.63, 3.8) is 0 Å². The van der Waals surface area contributed by atoms with E-state index in [2.05, 4.69) is 9.51 Å². The van der Waals surface area contributed by atoms with Crippen LogP contribution in [-0.2, 0) is 13.8 Å². The van der Waals surface area contributed by atoms with Crippen molar-refractivity contribution in [1.29, 1.82) is 0 Å². The van der Waals surface area contributed by atoms with E-state index in [9.17, 15) is 24.4 Å². The summed E-state index contributed by atoms with van der Waals surface area (Å²) < 4.78 is 26.4. The SMILES string of the molecule is COc1ccc(-c2cn([C@@H]3O[C@H](COP(=O)(O)O)[C@H](O)[C@H]3O)c(=O)[nH]c2=O)cc1. The number of aliphatic hydroxyl groups excluding tert-OH is 2. The molecule has 12 nitrogen and oxygen atoms in total. The lowest BCUT2D eigenvalue weighted by Gasteiger charge is -2.18. The Labute approximate surface area is 163 Å². The van der Waals surface area contributed by atoms with Crippen LogP contribution in [-0.4, -0.2) is 61.6 Å². The number of nitrogens with one attached hydrogen (secondary N) is 1. The van der Waals surface area contributed by atoms with Gasteiger partial charge in [-0.3, -0.25) is 18.9 Å². The molecule has 1 saturated heterocycles. The lowest BCUT2D eigenvalue weighted by Crippen LogP contribution is -2.38. The number of rotatable bonds is 6. The largest absolute Gasteiger partial charge is 0.497 e. The molecule has 0 bridgehead atoms. The van der Waals surface area contributed by atoms with Crippen LogP contribution in [0.15, 0.2) is 40.1 Å². The van der Waals surface area contributed by atoms with Crippen LogP contribution in [0.4, 0.5) is 0 Å². The minimum atomic E-state index is -4.83. The fraction of sp³-hybridized carbons (Fsp3) is 0.375. The monoisotopic (exact) mass is 430 g/mol. The first-order chi connectivity index (χ1) is 13.6. The smallest absolute Gasteiger partial charge is 0.469 e. The van der Waals surface area contributed by atoms with Gasteiger partial charge in [-0.2, -0.15) is 0 Å². The zero-order chi connectivity index (χ0) is 21.3. The third-order valence-electron chi connectivity index (χ3n) is 4.39. The molecule has 2 aromatic rings. The molecule has 1 aliphatic heterocycles. The number of phosphoric ester groups is 1. The van der Waals surface area contributed by atoms with Gasteiger partial charge in [0.2, 0.25) is 0 Å². The summed E-state index contributed by atoms with van der Waals surface area (Å²) in [5.41, 5.74) is -1.03. The Morgan fingerprint density at radius 3 is 2.41 bits per heavy atom. The maximum absolute atomic E-state index is 12.2. The minimum absolute atomic E-state index is 0.0902. The van der Waals surface area contributed by atoms with Crippen molar-refractivity contribution in [1.82, 2.24) is 9.55 Å². The first-order valence-electron chi connectivity index (χ1n) is 8.32. The Morgan fingerprint density at radius 1 is 1.17 bits per heavy atom. The number of ether oxygens (including phenoxy) is 2. The number of aliphatic hydroxyl groups is 2. The summed E-state index contributed by atoms with van der Waals surface area (Å²) >= 11 is 0. The number of phosphoric acid groups is 1. The van der Waals surface area contributed by atoms with Crippen molar-refractivity contribution in [3.8, 4) is 16.9 Å². The molecule has 29 heavy (non-hydrogen) atoms. The third-order valence-corrected chi connectivity index (χ3v) is 4.87. The average molecular weight is 430 g/mol. The lowest BCUT2D eigenvalue weighted by atomic mass is 10.1.